The molecule has 2 atom stereocenters. The zero-order chi connectivity index (χ0) is 13.1. The first-order valence-corrected chi connectivity index (χ1v) is 6.62. The van der Waals surface area contributed by atoms with Crippen molar-refractivity contribution in [2.75, 3.05) is 13.2 Å². The number of amides is 1. The van der Waals surface area contributed by atoms with Crippen LogP contribution in [0.4, 0.5) is 0 Å². The van der Waals surface area contributed by atoms with Crippen LogP contribution in [0, 0.1) is 0 Å². The quantitative estimate of drug-likeness (QED) is 0.824. The molecule has 98 valence electrons. The Morgan fingerprint density at radius 1 is 1.44 bits per heavy atom. The Bertz CT molecular complexity index is 436. The maximum absolute atomic E-state index is 12.3. The molecule has 0 spiro atoms. The molecule has 0 saturated carbocycles. The predicted octanol–water partition coefficient (Wildman–Crippen LogP) is 2.52. The van der Waals surface area contributed by atoms with Gasteiger partial charge >= 0.3 is 0 Å². The molecule has 0 radical (unpaired) electrons. The Kier molecular flexibility index (Phi) is 4.25. The number of halogens is 1. The van der Waals surface area contributed by atoms with Gasteiger partial charge in [-0.15, -0.1) is 0 Å². The van der Waals surface area contributed by atoms with Gasteiger partial charge < -0.3 is 9.64 Å². The highest BCUT2D eigenvalue weighted by atomic mass is 35.5. The molecule has 3 nitrogen and oxygen atoms in total. The molecule has 0 aliphatic carbocycles. The average Bonchev–Trinajstić information content (AvgIpc) is 2.35. The summed E-state index contributed by atoms with van der Waals surface area (Å²) in [6, 6.07) is 7.61. The molecule has 1 heterocycles. The van der Waals surface area contributed by atoms with Crippen molar-refractivity contribution in [1.82, 2.24) is 4.90 Å². The number of hydrogen-bond donors (Lipinski definition) is 0. The molecular formula is C14H18ClNO2. The van der Waals surface area contributed by atoms with Gasteiger partial charge in [-0.3, -0.25) is 4.79 Å². The Hall–Kier alpha value is -1.06. The number of benzene rings is 1. The van der Waals surface area contributed by atoms with Crippen molar-refractivity contribution in [2.24, 2.45) is 0 Å². The summed E-state index contributed by atoms with van der Waals surface area (Å²) in [5, 5.41) is 0.653. The van der Waals surface area contributed by atoms with E-state index in [2.05, 4.69) is 0 Å². The van der Waals surface area contributed by atoms with E-state index in [0.29, 0.717) is 24.6 Å². The summed E-state index contributed by atoms with van der Waals surface area (Å²) < 4.78 is 5.52. The SMILES string of the molecule is CC1OCCN(C(=O)Cc2ccccc2Cl)C1C. The van der Waals surface area contributed by atoms with Gasteiger partial charge in [-0.2, -0.15) is 0 Å². The summed E-state index contributed by atoms with van der Waals surface area (Å²) in [4.78, 5) is 14.2. The first kappa shape index (κ1) is 13.4. The minimum atomic E-state index is 0.0916. The van der Waals surface area contributed by atoms with E-state index in [0.717, 1.165) is 5.56 Å². The Morgan fingerprint density at radius 3 is 2.89 bits per heavy atom. The molecule has 1 amide bonds. The zero-order valence-corrected chi connectivity index (χ0v) is 11.5. The fourth-order valence-corrected chi connectivity index (χ4v) is 2.39. The van der Waals surface area contributed by atoms with E-state index < -0.39 is 0 Å². The summed E-state index contributed by atoms with van der Waals surface area (Å²) in [5.74, 6) is 0.116. The lowest BCUT2D eigenvalue weighted by Crippen LogP contribution is -2.51. The van der Waals surface area contributed by atoms with Crippen LogP contribution in [0.2, 0.25) is 5.02 Å². The van der Waals surface area contributed by atoms with Gasteiger partial charge in [-0.1, -0.05) is 29.8 Å². The van der Waals surface area contributed by atoms with Crippen LogP contribution < -0.4 is 0 Å². The third-order valence-electron chi connectivity index (χ3n) is 3.50. The standard InChI is InChI=1S/C14H18ClNO2/c1-10-11(2)18-8-7-16(10)14(17)9-12-5-3-4-6-13(12)15/h3-6,10-11H,7-9H2,1-2H3. The maximum atomic E-state index is 12.3. The summed E-state index contributed by atoms with van der Waals surface area (Å²) in [6.07, 6.45) is 0.449. The first-order valence-electron chi connectivity index (χ1n) is 6.24. The van der Waals surface area contributed by atoms with Crippen LogP contribution in [-0.2, 0) is 16.0 Å². The summed E-state index contributed by atoms with van der Waals surface area (Å²) in [7, 11) is 0. The van der Waals surface area contributed by atoms with Gasteiger partial charge in [0.25, 0.3) is 0 Å². The van der Waals surface area contributed by atoms with Crippen molar-refractivity contribution in [3.8, 4) is 0 Å². The van der Waals surface area contributed by atoms with Crippen LogP contribution >= 0.6 is 11.6 Å². The van der Waals surface area contributed by atoms with E-state index in [-0.39, 0.29) is 18.1 Å². The third kappa shape index (κ3) is 2.85. The summed E-state index contributed by atoms with van der Waals surface area (Å²) in [6.45, 7) is 5.29. The van der Waals surface area contributed by atoms with Gasteiger partial charge in [0.05, 0.1) is 25.2 Å². The highest BCUT2D eigenvalue weighted by molar-refractivity contribution is 6.31. The molecule has 1 aromatic carbocycles. The van der Waals surface area contributed by atoms with E-state index in [1.54, 1.807) is 0 Å². The van der Waals surface area contributed by atoms with E-state index in [4.69, 9.17) is 16.3 Å². The third-order valence-corrected chi connectivity index (χ3v) is 3.87. The second-order valence-electron chi connectivity index (χ2n) is 4.67. The van der Waals surface area contributed by atoms with Crippen LogP contribution in [0.25, 0.3) is 0 Å². The highest BCUT2D eigenvalue weighted by Gasteiger charge is 2.29. The lowest BCUT2D eigenvalue weighted by Gasteiger charge is -2.38. The molecule has 18 heavy (non-hydrogen) atoms. The molecule has 1 fully saturated rings. The molecule has 1 aliphatic heterocycles. The molecule has 1 aliphatic rings. The Morgan fingerprint density at radius 2 is 2.17 bits per heavy atom. The van der Waals surface area contributed by atoms with Crippen LogP contribution in [-0.4, -0.2) is 36.1 Å². The number of carbonyl (C=O) groups is 1. The topological polar surface area (TPSA) is 29.5 Å². The second kappa shape index (κ2) is 5.72. The molecular weight excluding hydrogens is 250 g/mol. The molecule has 2 rings (SSSR count). The summed E-state index contributed by atoms with van der Waals surface area (Å²) >= 11 is 6.08. The molecule has 1 saturated heterocycles. The van der Waals surface area contributed by atoms with Crippen molar-refractivity contribution in [1.29, 1.82) is 0 Å². The number of nitrogens with zero attached hydrogens (tertiary/aromatic N) is 1. The minimum absolute atomic E-state index is 0.0916. The fraction of sp³-hybridized carbons (Fsp3) is 0.500. The van der Waals surface area contributed by atoms with Gasteiger partial charge in [0, 0.05) is 11.6 Å². The van der Waals surface area contributed by atoms with Crippen molar-refractivity contribution in [2.45, 2.75) is 32.4 Å². The predicted molar refractivity (Wildman–Crippen MR) is 71.7 cm³/mol. The van der Waals surface area contributed by atoms with E-state index in [9.17, 15) is 4.79 Å². The average molecular weight is 268 g/mol. The fourth-order valence-electron chi connectivity index (χ4n) is 2.19. The first-order chi connectivity index (χ1) is 8.59. The molecule has 2 unspecified atom stereocenters. The highest BCUT2D eigenvalue weighted by Crippen LogP contribution is 2.19. The molecule has 0 N–H and O–H groups in total. The van der Waals surface area contributed by atoms with E-state index >= 15 is 0 Å². The van der Waals surface area contributed by atoms with Gasteiger partial charge in [-0.05, 0) is 25.5 Å². The lowest BCUT2D eigenvalue weighted by molar-refractivity contribution is -0.143. The van der Waals surface area contributed by atoms with Crippen molar-refractivity contribution >= 4 is 17.5 Å². The molecule has 4 heteroatoms. The molecule has 0 aromatic heterocycles. The minimum Gasteiger partial charge on any atom is -0.375 e. The van der Waals surface area contributed by atoms with Crippen LogP contribution in [0.5, 0.6) is 0 Å². The van der Waals surface area contributed by atoms with Gasteiger partial charge in [0.2, 0.25) is 5.91 Å². The lowest BCUT2D eigenvalue weighted by atomic mass is 10.1. The maximum Gasteiger partial charge on any atom is 0.227 e. The molecule has 1 aromatic rings. The number of rotatable bonds is 2. The van der Waals surface area contributed by atoms with Crippen LogP contribution in [0.15, 0.2) is 24.3 Å². The largest absolute Gasteiger partial charge is 0.375 e. The monoisotopic (exact) mass is 267 g/mol. The molecule has 0 bridgehead atoms. The normalized spacial score (nSPS) is 24.1. The Balaban J connectivity index is 2.06. The van der Waals surface area contributed by atoms with Crippen LogP contribution in [0.3, 0.4) is 0 Å². The second-order valence-corrected chi connectivity index (χ2v) is 5.08. The number of carbonyl (C=O) groups excluding carboxylic acids is 1. The summed E-state index contributed by atoms with van der Waals surface area (Å²) in [5.41, 5.74) is 0.885. The van der Waals surface area contributed by atoms with E-state index in [1.165, 1.54) is 0 Å². The van der Waals surface area contributed by atoms with Crippen molar-refractivity contribution in [3.05, 3.63) is 34.9 Å². The van der Waals surface area contributed by atoms with Crippen molar-refractivity contribution in [3.63, 3.8) is 0 Å². The van der Waals surface area contributed by atoms with Gasteiger partial charge in [-0.25, -0.2) is 0 Å². The number of hydrogen-bond acceptors (Lipinski definition) is 2. The van der Waals surface area contributed by atoms with Gasteiger partial charge in [0.1, 0.15) is 0 Å². The smallest absolute Gasteiger partial charge is 0.227 e. The van der Waals surface area contributed by atoms with E-state index in [1.807, 2.05) is 43.0 Å². The Labute approximate surface area is 113 Å². The van der Waals surface area contributed by atoms with Gasteiger partial charge in [0.15, 0.2) is 0 Å². The van der Waals surface area contributed by atoms with Crippen molar-refractivity contribution < 1.29 is 9.53 Å². The zero-order valence-electron chi connectivity index (χ0n) is 10.7. The number of morpholine rings is 1. The van der Waals surface area contributed by atoms with Crippen LogP contribution in [0.1, 0.15) is 19.4 Å². The number of ether oxygens (including phenoxy) is 1.